The zero-order valence-electron chi connectivity index (χ0n) is 17.7. The Bertz CT molecular complexity index is 782. The number of ether oxygens (including phenoxy) is 1. The monoisotopic (exact) mass is 400 g/mol. The van der Waals surface area contributed by atoms with Crippen molar-refractivity contribution in [1.29, 1.82) is 0 Å². The molecule has 1 aromatic heterocycles. The lowest BCUT2D eigenvalue weighted by atomic mass is 9.96. The number of rotatable bonds is 9. The Balaban J connectivity index is 1.36. The van der Waals surface area contributed by atoms with E-state index in [-0.39, 0.29) is 5.91 Å². The van der Waals surface area contributed by atoms with Gasteiger partial charge in [0.15, 0.2) is 5.82 Å². The minimum atomic E-state index is 0.0603. The zero-order chi connectivity index (χ0) is 20.6. The summed E-state index contributed by atoms with van der Waals surface area (Å²) in [6.45, 7) is 7.73. The molecule has 0 aliphatic carbocycles. The minimum Gasteiger partial charge on any atom is -0.497 e. The Labute approximate surface area is 172 Å². The number of hydrogen-bond acceptors (Lipinski definition) is 6. The van der Waals surface area contributed by atoms with E-state index >= 15 is 0 Å². The van der Waals surface area contributed by atoms with Crippen molar-refractivity contribution >= 4 is 5.91 Å². The highest BCUT2D eigenvalue weighted by atomic mass is 16.5. The van der Waals surface area contributed by atoms with Crippen LogP contribution in [0, 0.1) is 11.8 Å². The van der Waals surface area contributed by atoms with E-state index in [0.717, 1.165) is 68.5 Å². The highest BCUT2D eigenvalue weighted by Crippen LogP contribution is 2.18. The number of methoxy groups -OCH3 is 1. The van der Waals surface area contributed by atoms with E-state index in [9.17, 15) is 4.79 Å². The number of aromatic nitrogens is 2. The van der Waals surface area contributed by atoms with Crippen LogP contribution in [0.25, 0.3) is 0 Å². The summed E-state index contributed by atoms with van der Waals surface area (Å²) in [5, 5.41) is 7.19. The molecule has 3 rings (SSSR count). The predicted octanol–water partition coefficient (Wildman–Crippen LogP) is 2.85. The van der Waals surface area contributed by atoms with Gasteiger partial charge in [0.25, 0.3) is 0 Å². The number of carbonyl (C=O) groups excluding carboxylic acids is 1. The second-order valence-corrected chi connectivity index (χ2v) is 8.25. The van der Waals surface area contributed by atoms with Crippen LogP contribution in [0.3, 0.4) is 0 Å². The molecule has 1 fully saturated rings. The van der Waals surface area contributed by atoms with Gasteiger partial charge in [0.2, 0.25) is 11.8 Å². The van der Waals surface area contributed by atoms with E-state index < -0.39 is 0 Å². The third-order valence-corrected chi connectivity index (χ3v) is 5.25. The largest absolute Gasteiger partial charge is 0.497 e. The summed E-state index contributed by atoms with van der Waals surface area (Å²) in [6.07, 6.45) is 3.34. The Hall–Kier alpha value is -2.41. The molecule has 0 radical (unpaired) electrons. The van der Waals surface area contributed by atoms with Crippen molar-refractivity contribution in [2.45, 2.75) is 46.1 Å². The van der Waals surface area contributed by atoms with Gasteiger partial charge in [-0.25, -0.2) is 0 Å². The number of nitrogens with one attached hydrogen (secondary N) is 1. The minimum absolute atomic E-state index is 0.0603. The molecule has 2 heterocycles. The fourth-order valence-corrected chi connectivity index (χ4v) is 3.62. The van der Waals surface area contributed by atoms with E-state index in [0.29, 0.717) is 18.3 Å². The standard InChI is InChI=1S/C22H32N4O3/c1-16(2)11-22-24-20(25-29-22)15-26-9-7-17(8-10-26)14-23-21(27)13-18-5-4-6-19(12-18)28-3/h4-6,12,16-17H,7-11,13-15H2,1-3H3,(H,23,27). The molecule has 1 aliphatic heterocycles. The third kappa shape index (κ3) is 6.85. The number of piperidine rings is 1. The molecule has 2 aromatic rings. The topological polar surface area (TPSA) is 80.5 Å². The van der Waals surface area contributed by atoms with Crippen LogP contribution in [-0.4, -0.2) is 47.7 Å². The molecule has 1 aliphatic rings. The first-order valence-corrected chi connectivity index (χ1v) is 10.4. The molecule has 7 heteroatoms. The molecule has 0 spiro atoms. The number of carbonyl (C=O) groups is 1. The molecule has 1 amide bonds. The van der Waals surface area contributed by atoms with Crippen LogP contribution >= 0.6 is 0 Å². The molecular weight excluding hydrogens is 368 g/mol. The number of hydrogen-bond donors (Lipinski definition) is 1. The molecule has 1 saturated heterocycles. The van der Waals surface area contributed by atoms with Gasteiger partial charge in [0.1, 0.15) is 5.75 Å². The maximum Gasteiger partial charge on any atom is 0.226 e. The lowest BCUT2D eigenvalue weighted by Crippen LogP contribution is -2.38. The van der Waals surface area contributed by atoms with Crippen LogP contribution in [0.15, 0.2) is 28.8 Å². The normalized spacial score (nSPS) is 15.6. The fraction of sp³-hybridized carbons (Fsp3) is 0.591. The second-order valence-electron chi connectivity index (χ2n) is 8.25. The van der Waals surface area contributed by atoms with Crippen LogP contribution in [-0.2, 0) is 24.2 Å². The van der Waals surface area contributed by atoms with E-state index in [4.69, 9.17) is 9.26 Å². The van der Waals surface area contributed by atoms with Crippen molar-refractivity contribution in [2.75, 3.05) is 26.7 Å². The first-order chi connectivity index (χ1) is 14.0. The molecule has 0 unspecified atom stereocenters. The van der Waals surface area contributed by atoms with Crippen molar-refractivity contribution in [1.82, 2.24) is 20.4 Å². The van der Waals surface area contributed by atoms with Crippen LogP contribution in [0.1, 0.15) is 44.0 Å². The maximum atomic E-state index is 12.2. The maximum absolute atomic E-state index is 12.2. The molecule has 29 heavy (non-hydrogen) atoms. The zero-order valence-corrected chi connectivity index (χ0v) is 17.7. The smallest absolute Gasteiger partial charge is 0.226 e. The summed E-state index contributed by atoms with van der Waals surface area (Å²) in [5.41, 5.74) is 0.966. The molecule has 7 nitrogen and oxygen atoms in total. The average Bonchev–Trinajstić information content (AvgIpc) is 3.13. The predicted molar refractivity (Wildman–Crippen MR) is 111 cm³/mol. The molecule has 1 N–H and O–H groups in total. The Morgan fingerprint density at radius 3 is 2.86 bits per heavy atom. The Morgan fingerprint density at radius 1 is 1.34 bits per heavy atom. The summed E-state index contributed by atoms with van der Waals surface area (Å²) in [4.78, 5) is 19.1. The van der Waals surface area contributed by atoms with E-state index in [1.54, 1.807) is 7.11 Å². The fourth-order valence-electron chi connectivity index (χ4n) is 3.62. The van der Waals surface area contributed by atoms with Crippen LogP contribution in [0.2, 0.25) is 0 Å². The van der Waals surface area contributed by atoms with Crippen molar-refractivity contribution in [3.8, 4) is 5.75 Å². The highest BCUT2D eigenvalue weighted by molar-refractivity contribution is 5.78. The van der Waals surface area contributed by atoms with Gasteiger partial charge in [-0.2, -0.15) is 4.98 Å². The lowest BCUT2D eigenvalue weighted by Gasteiger charge is -2.31. The summed E-state index contributed by atoms with van der Waals surface area (Å²) >= 11 is 0. The average molecular weight is 401 g/mol. The first-order valence-electron chi connectivity index (χ1n) is 10.4. The van der Waals surface area contributed by atoms with Gasteiger partial charge in [-0.15, -0.1) is 0 Å². The molecule has 158 valence electrons. The summed E-state index contributed by atoms with van der Waals surface area (Å²) in [7, 11) is 1.63. The van der Waals surface area contributed by atoms with Crippen molar-refractivity contribution in [3.63, 3.8) is 0 Å². The third-order valence-electron chi connectivity index (χ3n) is 5.25. The van der Waals surface area contributed by atoms with Gasteiger partial charge in [0.05, 0.1) is 20.1 Å². The van der Waals surface area contributed by atoms with Crippen molar-refractivity contribution in [2.24, 2.45) is 11.8 Å². The van der Waals surface area contributed by atoms with E-state index in [2.05, 4.69) is 34.2 Å². The van der Waals surface area contributed by atoms with Gasteiger partial charge in [-0.3, -0.25) is 9.69 Å². The van der Waals surface area contributed by atoms with Crippen molar-refractivity contribution < 1.29 is 14.1 Å². The van der Waals surface area contributed by atoms with Gasteiger partial charge in [0, 0.05) is 13.0 Å². The van der Waals surface area contributed by atoms with Gasteiger partial charge < -0.3 is 14.6 Å². The summed E-state index contributed by atoms with van der Waals surface area (Å²) < 4.78 is 10.5. The first kappa shape index (κ1) is 21.3. The van der Waals surface area contributed by atoms with Gasteiger partial charge in [-0.1, -0.05) is 31.1 Å². The Morgan fingerprint density at radius 2 is 2.14 bits per heavy atom. The van der Waals surface area contributed by atoms with Crippen LogP contribution < -0.4 is 10.1 Å². The summed E-state index contributed by atoms with van der Waals surface area (Å²) in [5.74, 6) is 3.36. The number of amides is 1. The number of nitrogens with zero attached hydrogens (tertiary/aromatic N) is 3. The van der Waals surface area contributed by atoms with E-state index in [1.165, 1.54) is 0 Å². The number of benzene rings is 1. The second kappa shape index (κ2) is 10.4. The van der Waals surface area contributed by atoms with E-state index in [1.807, 2.05) is 24.3 Å². The van der Waals surface area contributed by atoms with Crippen molar-refractivity contribution in [3.05, 3.63) is 41.5 Å². The lowest BCUT2D eigenvalue weighted by molar-refractivity contribution is -0.120. The highest BCUT2D eigenvalue weighted by Gasteiger charge is 2.21. The van der Waals surface area contributed by atoms with Crippen LogP contribution in [0.4, 0.5) is 0 Å². The Kier molecular flexibility index (Phi) is 7.63. The molecule has 1 aromatic carbocycles. The molecule has 0 atom stereocenters. The van der Waals surface area contributed by atoms with Gasteiger partial charge in [-0.05, 0) is 55.5 Å². The number of likely N-dealkylation sites (tertiary alicyclic amines) is 1. The SMILES string of the molecule is COc1cccc(CC(=O)NCC2CCN(Cc3noc(CC(C)C)n3)CC2)c1. The summed E-state index contributed by atoms with van der Waals surface area (Å²) in [6, 6.07) is 7.65. The molecule has 0 bridgehead atoms. The van der Waals surface area contributed by atoms with Crippen LogP contribution in [0.5, 0.6) is 5.75 Å². The molecular formula is C22H32N4O3. The molecule has 0 saturated carbocycles. The van der Waals surface area contributed by atoms with Gasteiger partial charge >= 0.3 is 0 Å². The quantitative estimate of drug-likeness (QED) is 0.697.